The molecule has 1 unspecified atom stereocenters. The Morgan fingerprint density at radius 2 is 1.65 bits per heavy atom. The van der Waals surface area contributed by atoms with E-state index in [1.807, 2.05) is 48.5 Å². The second-order valence-corrected chi connectivity index (χ2v) is 6.48. The molecule has 0 aromatic heterocycles. The van der Waals surface area contributed by atoms with E-state index in [0.717, 1.165) is 47.5 Å². The summed E-state index contributed by atoms with van der Waals surface area (Å²) in [5.74, 6) is 1.64. The molecule has 1 atom stereocenters. The number of anilines is 1. The van der Waals surface area contributed by atoms with Gasteiger partial charge in [-0.3, -0.25) is 4.79 Å². The smallest absolute Gasteiger partial charge is 0.242 e. The Kier molecular flexibility index (Phi) is 5.18. The number of ether oxygens (including phenoxy) is 1. The van der Waals surface area contributed by atoms with Crippen LogP contribution in [0, 0.1) is 0 Å². The molecule has 0 saturated carbocycles. The van der Waals surface area contributed by atoms with Crippen LogP contribution < -0.4 is 15.4 Å². The van der Waals surface area contributed by atoms with Crippen molar-refractivity contribution in [1.29, 1.82) is 0 Å². The molecule has 1 aliphatic rings. The molecule has 3 rings (SSSR count). The van der Waals surface area contributed by atoms with Crippen molar-refractivity contribution in [2.24, 2.45) is 0 Å². The summed E-state index contributed by atoms with van der Waals surface area (Å²) in [6.45, 7) is 0.775. The Balaban J connectivity index is 1.62. The Labute approximate surface area is 144 Å². The molecule has 5 heteroatoms. The molecular formula is C18H19BrN2O2. The number of carbonyl (C=O) groups is 1. The molecule has 23 heavy (non-hydrogen) atoms. The highest BCUT2D eigenvalue weighted by Crippen LogP contribution is 2.25. The van der Waals surface area contributed by atoms with Crippen molar-refractivity contribution in [2.75, 3.05) is 11.9 Å². The number of hydrogen-bond donors (Lipinski definition) is 2. The van der Waals surface area contributed by atoms with Crippen molar-refractivity contribution in [3.05, 3.63) is 53.0 Å². The normalized spacial score (nSPS) is 18.0. The zero-order chi connectivity index (χ0) is 16.1. The molecule has 0 aliphatic carbocycles. The van der Waals surface area contributed by atoms with Gasteiger partial charge in [0.05, 0.1) is 0 Å². The van der Waals surface area contributed by atoms with E-state index in [9.17, 15) is 4.79 Å². The Bertz CT molecular complexity index is 656. The van der Waals surface area contributed by atoms with Crippen LogP contribution in [0.25, 0.3) is 0 Å². The second-order valence-electron chi connectivity index (χ2n) is 5.56. The Morgan fingerprint density at radius 3 is 2.35 bits per heavy atom. The molecule has 1 aliphatic heterocycles. The summed E-state index contributed by atoms with van der Waals surface area (Å²) in [4.78, 5) is 12.0. The lowest BCUT2D eigenvalue weighted by Gasteiger charge is -2.16. The summed E-state index contributed by atoms with van der Waals surface area (Å²) in [5.41, 5.74) is 0.926. The third-order valence-corrected chi connectivity index (χ3v) is 4.31. The van der Waals surface area contributed by atoms with Crippen molar-refractivity contribution >= 4 is 27.5 Å². The average molecular weight is 375 g/mol. The molecular weight excluding hydrogens is 356 g/mol. The molecule has 0 bridgehead atoms. The topological polar surface area (TPSA) is 50.4 Å². The molecule has 0 radical (unpaired) electrons. The molecule has 1 fully saturated rings. The van der Waals surface area contributed by atoms with E-state index in [1.54, 1.807) is 0 Å². The number of nitrogens with one attached hydrogen (secondary N) is 2. The van der Waals surface area contributed by atoms with Gasteiger partial charge in [-0.1, -0.05) is 15.9 Å². The molecule has 0 spiro atoms. The van der Waals surface area contributed by atoms with Crippen molar-refractivity contribution < 1.29 is 9.53 Å². The van der Waals surface area contributed by atoms with Gasteiger partial charge in [0, 0.05) is 16.7 Å². The SMILES string of the molecule is O=C1NCCCCC1Nc1ccc(Oc2ccc(Br)cc2)cc1. The zero-order valence-electron chi connectivity index (χ0n) is 12.7. The maximum absolute atomic E-state index is 12.0. The van der Waals surface area contributed by atoms with E-state index in [1.165, 1.54) is 0 Å². The van der Waals surface area contributed by atoms with Crippen LogP contribution in [-0.2, 0) is 4.79 Å². The van der Waals surface area contributed by atoms with E-state index < -0.39 is 0 Å². The minimum absolute atomic E-state index is 0.0812. The fraction of sp³-hybridized carbons (Fsp3) is 0.278. The number of halogens is 1. The van der Waals surface area contributed by atoms with Crippen LogP contribution in [0.5, 0.6) is 11.5 Å². The number of carbonyl (C=O) groups excluding carboxylic acids is 1. The van der Waals surface area contributed by atoms with Crippen molar-refractivity contribution in [3.63, 3.8) is 0 Å². The third-order valence-electron chi connectivity index (χ3n) is 3.78. The molecule has 2 aromatic rings. The summed E-state index contributed by atoms with van der Waals surface area (Å²) < 4.78 is 6.81. The van der Waals surface area contributed by atoms with Crippen LogP contribution in [0.3, 0.4) is 0 Å². The first kappa shape index (κ1) is 15.9. The third kappa shape index (κ3) is 4.48. The highest BCUT2D eigenvalue weighted by molar-refractivity contribution is 9.10. The number of benzene rings is 2. The highest BCUT2D eigenvalue weighted by atomic mass is 79.9. The van der Waals surface area contributed by atoms with Gasteiger partial charge < -0.3 is 15.4 Å². The summed E-state index contributed by atoms with van der Waals surface area (Å²) in [7, 11) is 0. The summed E-state index contributed by atoms with van der Waals surface area (Å²) in [6, 6.07) is 15.2. The quantitative estimate of drug-likeness (QED) is 0.837. The molecule has 120 valence electrons. The minimum Gasteiger partial charge on any atom is -0.457 e. The zero-order valence-corrected chi connectivity index (χ0v) is 14.3. The lowest BCUT2D eigenvalue weighted by molar-refractivity contribution is -0.121. The first-order valence-corrected chi connectivity index (χ1v) is 8.58. The lowest BCUT2D eigenvalue weighted by Crippen LogP contribution is -2.37. The van der Waals surface area contributed by atoms with Gasteiger partial charge in [-0.15, -0.1) is 0 Å². The monoisotopic (exact) mass is 374 g/mol. The van der Waals surface area contributed by atoms with Gasteiger partial charge in [0.15, 0.2) is 0 Å². The molecule has 2 N–H and O–H groups in total. The summed E-state index contributed by atoms with van der Waals surface area (Å²) in [6.07, 6.45) is 2.97. The van der Waals surface area contributed by atoms with Gasteiger partial charge in [-0.05, 0) is 67.8 Å². The van der Waals surface area contributed by atoms with E-state index >= 15 is 0 Å². The molecule has 4 nitrogen and oxygen atoms in total. The van der Waals surface area contributed by atoms with Gasteiger partial charge in [0.1, 0.15) is 17.5 Å². The van der Waals surface area contributed by atoms with Gasteiger partial charge in [-0.2, -0.15) is 0 Å². The lowest BCUT2D eigenvalue weighted by atomic mass is 10.1. The summed E-state index contributed by atoms with van der Waals surface area (Å²) >= 11 is 3.40. The first-order valence-electron chi connectivity index (χ1n) is 7.78. The maximum Gasteiger partial charge on any atom is 0.242 e. The van der Waals surface area contributed by atoms with Gasteiger partial charge >= 0.3 is 0 Å². The fourth-order valence-corrected chi connectivity index (χ4v) is 2.80. The number of rotatable bonds is 4. The van der Waals surface area contributed by atoms with Gasteiger partial charge in [-0.25, -0.2) is 0 Å². The van der Waals surface area contributed by atoms with Crippen LogP contribution in [0.15, 0.2) is 53.0 Å². The van der Waals surface area contributed by atoms with Crippen molar-refractivity contribution in [3.8, 4) is 11.5 Å². The van der Waals surface area contributed by atoms with Crippen LogP contribution >= 0.6 is 15.9 Å². The van der Waals surface area contributed by atoms with E-state index in [2.05, 4.69) is 26.6 Å². The molecule has 1 heterocycles. The van der Waals surface area contributed by atoms with Gasteiger partial charge in [0.25, 0.3) is 0 Å². The van der Waals surface area contributed by atoms with Crippen LogP contribution in [0.4, 0.5) is 5.69 Å². The number of hydrogen-bond acceptors (Lipinski definition) is 3. The van der Waals surface area contributed by atoms with E-state index in [4.69, 9.17) is 4.74 Å². The Morgan fingerprint density at radius 1 is 1.00 bits per heavy atom. The van der Waals surface area contributed by atoms with Crippen LogP contribution in [0.1, 0.15) is 19.3 Å². The molecule has 2 aromatic carbocycles. The molecule has 1 amide bonds. The van der Waals surface area contributed by atoms with E-state index in [0.29, 0.717) is 0 Å². The summed E-state index contributed by atoms with van der Waals surface area (Å²) in [5, 5.41) is 6.23. The first-order chi connectivity index (χ1) is 11.2. The van der Waals surface area contributed by atoms with Crippen molar-refractivity contribution in [2.45, 2.75) is 25.3 Å². The number of amides is 1. The standard InChI is InChI=1S/C18H19BrN2O2/c19-13-4-8-15(9-5-13)23-16-10-6-14(7-11-16)21-17-3-1-2-12-20-18(17)22/h4-11,17,21H,1-3,12H2,(H,20,22). The van der Waals surface area contributed by atoms with Crippen LogP contribution in [0.2, 0.25) is 0 Å². The predicted octanol–water partition coefficient (Wildman–Crippen LogP) is 4.32. The highest BCUT2D eigenvalue weighted by Gasteiger charge is 2.19. The van der Waals surface area contributed by atoms with Crippen LogP contribution in [-0.4, -0.2) is 18.5 Å². The van der Waals surface area contributed by atoms with E-state index in [-0.39, 0.29) is 11.9 Å². The average Bonchev–Trinajstić information content (AvgIpc) is 2.76. The molecule has 1 saturated heterocycles. The fourth-order valence-electron chi connectivity index (χ4n) is 2.54. The Hall–Kier alpha value is -2.01. The minimum atomic E-state index is -0.157. The van der Waals surface area contributed by atoms with Gasteiger partial charge in [0.2, 0.25) is 5.91 Å². The second kappa shape index (κ2) is 7.51. The maximum atomic E-state index is 12.0. The van der Waals surface area contributed by atoms with Crippen molar-refractivity contribution in [1.82, 2.24) is 5.32 Å². The largest absolute Gasteiger partial charge is 0.457 e. The predicted molar refractivity (Wildman–Crippen MR) is 94.9 cm³/mol.